The fourth-order valence-corrected chi connectivity index (χ4v) is 0.247. The Labute approximate surface area is 50.4 Å². The van der Waals surface area contributed by atoms with Crippen LogP contribution >= 0.6 is 0 Å². The van der Waals surface area contributed by atoms with Crippen molar-refractivity contribution in [1.29, 1.82) is 0 Å². The standard InChI is InChI=1S/C7H11N/c1-5-8-7(4)6(2)3/h5H,1-2H2,3-4H3. The van der Waals surface area contributed by atoms with Gasteiger partial charge in [-0.3, -0.25) is 4.99 Å². The van der Waals surface area contributed by atoms with Gasteiger partial charge in [0.25, 0.3) is 0 Å². The molecule has 0 saturated carbocycles. The Bertz CT molecular complexity index is 131. The maximum atomic E-state index is 3.91. The molecular weight excluding hydrogens is 98.1 g/mol. The van der Waals surface area contributed by atoms with Crippen molar-refractivity contribution in [3.8, 4) is 0 Å². The smallest absolute Gasteiger partial charge is 0.0395 e. The lowest BCUT2D eigenvalue weighted by Gasteiger charge is -1.91. The van der Waals surface area contributed by atoms with Crippen LogP contribution in [0.15, 0.2) is 29.9 Å². The molecule has 0 unspecified atom stereocenters. The monoisotopic (exact) mass is 109 g/mol. The summed E-state index contributed by atoms with van der Waals surface area (Å²) in [5.41, 5.74) is 1.94. The minimum absolute atomic E-state index is 0.944. The van der Waals surface area contributed by atoms with Crippen molar-refractivity contribution >= 4 is 5.71 Å². The first-order valence-electron chi connectivity index (χ1n) is 2.49. The summed E-state index contributed by atoms with van der Waals surface area (Å²) in [5.74, 6) is 0. The Balaban J connectivity index is 3.99. The zero-order chi connectivity index (χ0) is 6.57. The molecule has 8 heavy (non-hydrogen) atoms. The largest absolute Gasteiger partial charge is 0.262 e. The fourth-order valence-electron chi connectivity index (χ4n) is 0.247. The zero-order valence-corrected chi connectivity index (χ0v) is 5.44. The van der Waals surface area contributed by atoms with E-state index in [1.165, 1.54) is 6.20 Å². The van der Waals surface area contributed by atoms with Crippen molar-refractivity contribution in [3.05, 3.63) is 24.9 Å². The molecule has 0 aromatic heterocycles. The summed E-state index contributed by atoms with van der Waals surface area (Å²) in [4.78, 5) is 3.91. The van der Waals surface area contributed by atoms with Gasteiger partial charge in [0, 0.05) is 11.9 Å². The predicted octanol–water partition coefficient (Wildman–Crippen LogP) is 2.17. The SMILES string of the molecule is C=CN=C(C)C(=C)C. The number of rotatable bonds is 2. The molecule has 0 amide bonds. The van der Waals surface area contributed by atoms with Crippen molar-refractivity contribution in [3.63, 3.8) is 0 Å². The summed E-state index contributed by atoms with van der Waals surface area (Å²) in [6.07, 6.45) is 1.52. The molecule has 0 fully saturated rings. The van der Waals surface area contributed by atoms with E-state index in [2.05, 4.69) is 18.2 Å². The second-order valence-electron chi connectivity index (χ2n) is 1.68. The van der Waals surface area contributed by atoms with Crippen molar-refractivity contribution in [2.24, 2.45) is 4.99 Å². The molecule has 0 spiro atoms. The summed E-state index contributed by atoms with van der Waals surface area (Å²) in [6.45, 7) is 11.0. The molecule has 0 aliphatic heterocycles. The first kappa shape index (κ1) is 7.15. The highest BCUT2D eigenvalue weighted by molar-refractivity contribution is 5.97. The van der Waals surface area contributed by atoms with Gasteiger partial charge in [-0.2, -0.15) is 0 Å². The normalized spacial score (nSPS) is 11.0. The van der Waals surface area contributed by atoms with E-state index in [1.807, 2.05) is 13.8 Å². The van der Waals surface area contributed by atoms with Gasteiger partial charge >= 0.3 is 0 Å². The minimum Gasteiger partial charge on any atom is -0.262 e. The highest BCUT2D eigenvalue weighted by atomic mass is 14.7. The van der Waals surface area contributed by atoms with Crippen molar-refractivity contribution in [2.45, 2.75) is 13.8 Å². The van der Waals surface area contributed by atoms with Gasteiger partial charge in [0.1, 0.15) is 0 Å². The molecule has 0 saturated heterocycles. The van der Waals surface area contributed by atoms with E-state index in [0.717, 1.165) is 11.3 Å². The Morgan fingerprint density at radius 3 is 2.12 bits per heavy atom. The Hall–Kier alpha value is -0.850. The van der Waals surface area contributed by atoms with Crippen LogP contribution in [0.2, 0.25) is 0 Å². The summed E-state index contributed by atoms with van der Waals surface area (Å²) < 4.78 is 0. The third-order valence-corrected chi connectivity index (χ3v) is 0.903. The second kappa shape index (κ2) is 3.19. The third-order valence-electron chi connectivity index (χ3n) is 0.903. The zero-order valence-electron chi connectivity index (χ0n) is 5.44. The van der Waals surface area contributed by atoms with Gasteiger partial charge in [0.2, 0.25) is 0 Å². The van der Waals surface area contributed by atoms with Gasteiger partial charge in [0.15, 0.2) is 0 Å². The summed E-state index contributed by atoms with van der Waals surface area (Å²) in [5, 5.41) is 0. The molecule has 0 radical (unpaired) electrons. The number of hydrogen-bond donors (Lipinski definition) is 0. The summed E-state index contributed by atoms with van der Waals surface area (Å²) >= 11 is 0. The number of allylic oxidation sites excluding steroid dienone is 1. The molecule has 0 heterocycles. The third kappa shape index (κ3) is 2.35. The van der Waals surface area contributed by atoms with Crippen LogP contribution in [0.25, 0.3) is 0 Å². The van der Waals surface area contributed by atoms with Gasteiger partial charge in [-0.05, 0) is 19.4 Å². The van der Waals surface area contributed by atoms with E-state index >= 15 is 0 Å². The van der Waals surface area contributed by atoms with Crippen LogP contribution in [0.4, 0.5) is 0 Å². The predicted molar refractivity (Wildman–Crippen MR) is 38.1 cm³/mol. The molecular formula is C7H11N. The van der Waals surface area contributed by atoms with E-state index in [9.17, 15) is 0 Å². The molecule has 0 aliphatic rings. The highest BCUT2D eigenvalue weighted by Gasteiger charge is 1.84. The summed E-state index contributed by atoms with van der Waals surface area (Å²) in [7, 11) is 0. The lowest BCUT2D eigenvalue weighted by atomic mass is 10.2. The van der Waals surface area contributed by atoms with Gasteiger partial charge in [-0.1, -0.05) is 13.2 Å². The minimum atomic E-state index is 0.944. The van der Waals surface area contributed by atoms with Crippen LogP contribution in [-0.4, -0.2) is 5.71 Å². The lowest BCUT2D eigenvalue weighted by Crippen LogP contribution is -1.88. The first-order chi connectivity index (χ1) is 3.68. The van der Waals surface area contributed by atoms with Gasteiger partial charge in [-0.25, -0.2) is 0 Å². The maximum absolute atomic E-state index is 3.91. The average Bonchev–Trinajstić information content (AvgIpc) is 1.67. The number of nitrogens with zero attached hydrogens (tertiary/aromatic N) is 1. The van der Waals surface area contributed by atoms with E-state index < -0.39 is 0 Å². The van der Waals surface area contributed by atoms with Crippen LogP contribution in [0.5, 0.6) is 0 Å². The van der Waals surface area contributed by atoms with Crippen LogP contribution < -0.4 is 0 Å². The fraction of sp³-hybridized carbons (Fsp3) is 0.286. The number of hydrogen-bond acceptors (Lipinski definition) is 1. The van der Waals surface area contributed by atoms with E-state index in [-0.39, 0.29) is 0 Å². The quantitative estimate of drug-likeness (QED) is 0.482. The summed E-state index contributed by atoms with van der Waals surface area (Å²) in [6, 6.07) is 0. The van der Waals surface area contributed by atoms with Crippen molar-refractivity contribution < 1.29 is 0 Å². The highest BCUT2D eigenvalue weighted by Crippen LogP contribution is 1.90. The maximum Gasteiger partial charge on any atom is 0.0395 e. The molecule has 1 nitrogen and oxygen atoms in total. The van der Waals surface area contributed by atoms with Crippen LogP contribution in [0.3, 0.4) is 0 Å². The molecule has 0 aromatic carbocycles. The van der Waals surface area contributed by atoms with Crippen LogP contribution in [0.1, 0.15) is 13.8 Å². The molecule has 1 heteroatoms. The Morgan fingerprint density at radius 1 is 1.50 bits per heavy atom. The number of aliphatic imine (C=N–C) groups is 1. The first-order valence-corrected chi connectivity index (χ1v) is 2.49. The van der Waals surface area contributed by atoms with Crippen LogP contribution in [-0.2, 0) is 0 Å². The molecule has 0 bridgehead atoms. The Kier molecular flexibility index (Phi) is 2.85. The van der Waals surface area contributed by atoms with Crippen LogP contribution in [0, 0.1) is 0 Å². The van der Waals surface area contributed by atoms with E-state index in [4.69, 9.17) is 0 Å². The molecule has 0 aliphatic carbocycles. The van der Waals surface area contributed by atoms with E-state index in [0.29, 0.717) is 0 Å². The topological polar surface area (TPSA) is 12.4 Å². The van der Waals surface area contributed by atoms with Gasteiger partial charge < -0.3 is 0 Å². The second-order valence-corrected chi connectivity index (χ2v) is 1.68. The molecule has 0 rings (SSSR count). The Morgan fingerprint density at radius 2 is 2.00 bits per heavy atom. The molecule has 0 aromatic rings. The van der Waals surface area contributed by atoms with Crippen molar-refractivity contribution in [2.75, 3.05) is 0 Å². The molecule has 44 valence electrons. The lowest BCUT2D eigenvalue weighted by molar-refractivity contribution is 1.48. The molecule has 0 N–H and O–H groups in total. The van der Waals surface area contributed by atoms with E-state index in [1.54, 1.807) is 0 Å². The van der Waals surface area contributed by atoms with Gasteiger partial charge in [-0.15, -0.1) is 0 Å². The molecule has 0 atom stereocenters. The van der Waals surface area contributed by atoms with Crippen molar-refractivity contribution in [1.82, 2.24) is 0 Å². The van der Waals surface area contributed by atoms with Gasteiger partial charge in [0.05, 0.1) is 0 Å². The average molecular weight is 109 g/mol.